The lowest BCUT2D eigenvalue weighted by Gasteiger charge is -2.35. The molecule has 2 aliphatic heterocycles. The summed E-state index contributed by atoms with van der Waals surface area (Å²) >= 11 is 0. The van der Waals surface area contributed by atoms with Crippen molar-refractivity contribution >= 4 is 28.4 Å². The lowest BCUT2D eigenvalue weighted by atomic mass is 9.95. The summed E-state index contributed by atoms with van der Waals surface area (Å²) in [5, 5.41) is 29.8. The maximum absolute atomic E-state index is 13.0. The third-order valence-corrected chi connectivity index (χ3v) is 6.89. The molecule has 1 amide bonds. The van der Waals surface area contributed by atoms with Gasteiger partial charge in [-0.05, 0) is 54.1 Å². The molecule has 0 saturated carbocycles. The van der Waals surface area contributed by atoms with E-state index in [0.29, 0.717) is 37.6 Å². The Bertz CT molecular complexity index is 1380. The molecule has 1 atom stereocenters. The highest BCUT2D eigenvalue weighted by molar-refractivity contribution is 5.97. The van der Waals surface area contributed by atoms with Gasteiger partial charge < -0.3 is 9.84 Å². The summed E-state index contributed by atoms with van der Waals surface area (Å²) < 4.78 is 5.32. The number of nitrogens with one attached hydrogen (secondary N) is 1. The van der Waals surface area contributed by atoms with E-state index in [1.165, 1.54) is 0 Å². The van der Waals surface area contributed by atoms with Crippen molar-refractivity contribution in [1.82, 2.24) is 9.88 Å². The van der Waals surface area contributed by atoms with Crippen LogP contribution < -0.4 is 4.90 Å². The quantitative estimate of drug-likeness (QED) is 0.625. The third kappa shape index (κ3) is 3.69. The molecule has 1 unspecified atom stereocenters. The zero-order valence-electron chi connectivity index (χ0n) is 19.1. The second-order valence-corrected chi connectivity index (χ2v) is 8.83. The molecule has 2 aliphatic rings. The van der Waals surface area contributed by atoms with Crippen LogP contribution in [-0.2, 0) is 16.1 Å². The highest BCUT2D eigenvalue weighted by Crippen LogP contribution is 2.30. The monoisotopic (exact) mass is 455 g/mol. The van der Waals surface area contributed by atoms with E-state index in [2.05, 4.69) is 11.1 Å². The van der Waals surface area contributed by atoms with Crippen LogP contribution in [0.5, 0.6) is 0 Å². The van der Waals surface area contributed by atoms with Crippen LogP contribution in [0.4, 0.5) is 5.82 Å². The summed E-state index contributed by atoms with van der Waals surface area (Å²) in [5.74, 6) is 0.700. The van der Waals surface area contributed by atoms with E-state index in [9.17, 15) is 15.2 Å². The summed E-state index contributed by atoms with van der Waals surface area (Å²) in [7, 11) is 0. The van der Waals surface area contributed by atoms with Crippen molar-refractivity contribution in [2.75, 3.05) is 31.1 Å². The van der Waals surface area contributed by atoms with E-state index in [1.807, 2.05) is 43.0 Å². The number of aliphatic hydroxyl groups is 1. The molecule has 0 radical (unpaired) electrons. The average Bonchev–Trinajstić information content (AvgIpc) is 3.21. The molecule has 8 heteroatoms. The number of aliphatic hydroxyl groups excluding tert-OH is 1. The Labute approximate surface area is 197 Å². The van der Waals surface area contributed by atoms with Crippen molar-refractivity contribution in [3.8, 4) is 6.07 Å². The number of amides is 1. The van der Waals surface area contributed by atoms with E-state index in [1.54, 1.807) is 17.2 Å². The zero-order valence-corrected chi connectivity index (χ0v) is 19.1. The number of rotatable bonds is 4. The third-order valence-electron chi connectivity index (χ3n) is 6.89. The molecule has 172 valence electrons. The highest BCUT2D eigenvalue weighted by Gasteiger charge is 2.29. The molecule has 2 N–H and O–H groups in total. The van der Waals surface area contributed by atoms with Gasteiger partial charge in [-0.3, -0.25) is 20.0 Å². The van der Waals surface area contributed by atoms with Crippen molar-refractivity contribution in [3.05, 3.63) is 69.9 Å². The van der Waals surface area contributed by atoms with Crippen molar-refractivity contribution in [2.45, 2.75) is 26.6 Å². The van der Waals surface area contributed by atoms with Gasteiger partial charge in [0.25, 0.3) is 0 Å². The number of aryl methyl sites for hydroxylation is 1. The Morgan fingerprint density at radius 2 is 2.06 bits per heavy atom. The first-order valence-electron chi connectivity index (χ1n) is 11.2. The van der Waals surface area contributed by atoms with Crippen LogP contribution in [-0.4, -0.2) is 53.0 Å². The number of carbonyl (C=O) groups is 1. The minimum atomic E-state index is -0.740. The van der Waals surface area contributed by atoms with E-state index in [0.717, 1.165) is 38.6 Å². The van der Waals surface area contributed by atoms with Gasteiger partial charge in [0.2, 0.25) is 11.8 Å². The molecule has 3 heterocycles. The molecule has 5 rings (SSSR count). The Balaban J connectivity index is 1.29. The first kappa shape index (κ1) is 22.0. The number of pyridine rings is 1. The number of hydrogen-bond acceptors (Lipinski definition) is 7. The summed E-state index contributed by atoms with van der Waals surface area (Å²) in [4.78, 5) is 21.1. The molecule has 0 spiro atoms. The van der Waals surface area contributed by atoms with Crippen LogP contribution >= 0.6 is 0 Å². The smallest absolute Gasteiger partial charge is 0.242 e. The predicted molar refractivity (Wildman–Crippen MR) is 128 cm³/mol. The first-order chi connectivity index (χ1) is 16.4. The molecule has 8 nitrogen and oxygen atoms in total. The number of nitrogens with zero attached hydrogens (tertiary/aromatic N) is 4. The summed E-state index contributed by atoms with van der Waals surface area (Å²) in [6.07, 6.45) is 0.986. The molecule has 0 aliphatic carbocycles. The van der Waals surface area contributed by atoms with Gasteiger partial charge in [-0.25, -0.2) is 4.98 Å². The summed E-state index contributed by atoms with van der Waals surface area (Å²) in [6.45, 7) is 5.83. The Kier molecular flexibility index (Phi) is 5.52. The lowest BCUT2D eigenvalue weighted by molar-refractivity contribution is -0.121. The van der Waals surface area contributed by atoms with Gasteiger partial charge in [0.1, 0.15) is 12.4 Å². The number of ether oxygens (including phenoxy) is 1. The van der Waals surface area contributed by atoms with Crippen LogP contribution in [0.3, 0.4) is 0 Å². The van der Waals surface area contributed by atoms with Gasteiger partial charge in [0.05, 0.1) is 24.3 Å². The van der Waals surface area contributed by atoms with Crippen LogP contribution in [0.15, 0.2) is 36.5 Å². The van der Waals surface area contributed by atoms with Crippen LogP contribution in [0.2, 0.25) is 0 Å². The second-order valence-electron chi connectivity index (χ2n) is 8.83. The zero-order chi connectivity index (χ0) is 24.0. The maximum atomic E-state index is 13.0. The molecule has 3 aromatic rings. The van der Waals surface area contributed by atoms with E-state index in [4.69, 9.17) is 10.1 Å². The summed E-state index contributed by atoms with van der Waals surface area (Å²) in [5.41, 5.74) is 4.97. The van der Waals surface area contributed by atoms with E-state index >= 15 is 0 Å². The Morgan fingerprint density at radius 1 is 1.24 bits per heavy atom. The molecule has 0 bridgehead atoms. The van der Waals surface area contributed by atoms with Crippen LogP contribution in [0.1, 0.15) is 39.5 Å². The number of nitriles is 1. The minimum Gasteiger partial charge on any atom is -0.473 e. The molecule has 2 aromatic carbocycles. The lowest BCUT2D eigenvalue weighted by Crippen LogP contribution is -2.51. The number of anilines is 1. The fourth-order valence-corrected chi connectivity index (χ4v) is 4.84. The van der Waals surface area contributed by atoms with Crippen LogP contribution in [0.25, 0.3) is 10.8 Å². The van der Waals surface area contributed by atoms with Crippen molar-refractivity contribution in [3.63, 3.8) is 0 Å². The molecular weight excluding hydrogens is 430 g/mol. The largest absolute Gasteiger partial charge is 0.473 e. The van der Waals surface area contributed by atoms with Crippen molar-refractivity contribution < 1.29 is 14.6 Å². The fraction of sp³-hybridized carbons (Fsp3) is 0.308. The number of hydrogen-bond donors (Lipinski definition) is 2. The maximum Gasteiger partial charge on any atom is 0.242 e. The Morgan fingerprint density at radius 3 is 2.82 bits per heavy atom. The van der Waals surface area contributed by atoms with Crippen LogP contribution in [0, 0.1) is 30.6 Å². The molecule has 1 saturated heterocycles. The van der Waals surface area contributed by atoms with Gasteiger partial charge in [0, 0.05) is 42.3 Å². The number of carbonyl (C=O) groups excluding carboxylic acids is 1. The number of aromatic nitrogens is 1. The topological polar surface area (TPSA) is 114 Å². The van der Waals surface area contributed by atoms with E-state index in [-0.39, 0.29) is 18.3 Å². The molecule has 34 heavy (non-hydrogen) atoms. The number of benzene rings is 2. The standard InChI is InChI=1S/C26H25N5O3/c1-15-18(10-27)4-3-17-9-24(29-11-21(15)17)31-8-7-30(13-25(31)33)12-23(32)19-5-6-20-22(16(19)2)14-34-26(20)28/h3-6,9,11,23,28,32H,7-8,12-14H2,1-2H3. The van der Waals surface area contributed by atoms with Gasteiger partial charge in [-0.2, -0.15) is 5.26 Å². The SMILES string of the molecule is Cc1c(C(O)CN2CCN(c3cc4ccc(C#N)c(C)c4cn3)C(=O)C2)ccc2c1COC2=N. The van der Waals surface area contributed by atoms with Gasteiger partial charge in [-0.1, -0.05) is 12.1 Å². The van der Waals surface area contributed by atoms with Crippen molar-refractivity contribution in [1.29, 1.82) is 10.7 Å². The molecule has 1 aromatic heterocycles. The highest BCUT2D eigenvalue weighted by atomic mass is 16.5. The first-order valence-corrected chi connectivity index (χ1v) is 11.2. The number of fused-ring (bicyclic) bond motifs is 2. The molecule has 1 fully saturated rings. The predicted octanol–water partition coefficient (Wildman–Crippen LogP) is 2.96. The van der Waals surface area contributed by atoms with Gasteiger partial charge >= 0.3 is 0 Å². The Hall–Kier alpha value is -3.80. The van der Waals surface area contributed by atoms with Crippen molar-refractivity contribution in [2.24, 2.45) is 0 Å². The molecular formula is C26H25N5O3. The normalized spacial score (nSPS) is 16.9. The van der Waals surface area contributed by atoms with Gasteiger partial charge in [-0.15, -0.1) is 0 Å². The van der Waals surface area contributed by atoms with E-state index < -0.39 is 6.10 Å². The summed E-state index contributed by atoms with van der Waals surface area (Å²) in [6, 6.07) is 11.4. The fourth-order valence-electron chi connectivity index (χ4n) is 4.84. The number of piperazine rings is 1. The minimum absolute atomic E-state index is 0.0665. The van der Waals surface area contributed by atoms with Gasteiger partial charge in [0.15, 0.2) is 0 Å². The average molecular weight is 456 g/mol. The number of β-amino-alcohol motifs (C(OH)–C–C–N with tert-alkyl or cyclic N) is 1. The second kappa shape index (κ2) is 8.52.